The summed E-state index contributed by atoms with van der Waals surface area (Å²) in [6.07, 6.45) is 2.17. The number of aromatic hydroxyl groups is 1. The number of hydrogen-bond donors (Lipinski definition) is 1. The van der Waals surface area contributed by atoms with Crippen molar-refractivity contribution in [3.8, 4) is 5.75 Å². The topological polar surface area (TPSA) is 46.5 Å². The minimum Gasteiger partial charge on any atom is -0.507 e. The molecule has 2 aromatic carbocycles. The smallest absolute Gasteiger partial charge is 0.342 e. The molecule has 2 aromatic rings. The SMILES string of the molecule is CCCc1ccc(COC(=O)c2ccccc2O)cc1. The highest BCUT2D eigenvalue weighted by atomic mass is 16.5. The van der Waals surface area contributed by atoms with Crippen LogP contribution in [0.3, 0.4) is 0 Å². The molecule has 0 radical (unpaired) electrons. The van der Waals surface area contributed by atoms with Gasteiger partial charge in [-0.05, 0) is 29.7 Å². The minimum absolute atomic E-state index is 0.0595. The summed E-state index contributed by atoms with van der Waals surface area (Å²) in [5.74, 6) is -0.573. The summed E-state index contributed by atoms with van der Waals surface area (Å²) < 4.78 is 5.20. The fourth-order valence-electron chi connectivity index (χ4n) is 1.96. The lowest BCUT2D eigenvalue weighted by Crippen LogP contribution is -2.05. The van der Waals surface area contributed by atoms with Crippen molar-refractivity contribution in [1.82, 2.24) is 0 Å². The maximum Gasteiger partial charge on any atom is 0.342 e. The molecule has 0 aliphatic carbocycles. The molecule has 0 aromatic heterocycles. The van der Waals surface area contributed by atoms with Crippen molar-refractivity contribution in [1.29, 1.82) is 0 Å². The zero-order valence-electron chi connectivity index (χ0n) is 11.5. The van der Waals surface area contributed by atoms with Crippen LogP contribution in [0.25, 0.3) is 0 Å². The number of rotatable bonds is 5. The molecular formula is C17H18O3. The predicted molar refractivity (Wildman–Crippen MR) is 77.7 cm³/mol. The normalized spacial score (nSPS) is 10.2. The number of phenolic OH excluding ortho intramolecular Hbond substituents is 1. The van der Waals surface area contributed by atoms with Crippen molar-refractivity contribution >= 4 is 5.97 Å². The number of esters is 1. The van der Waals surface area contributed by atoms with Gasteiger partial charge in [-0.25, -0.2) is 4.79 Å². The van der Waals surface area contributed by atoms with E-state index < -0.39 is 5.97 Å². The Balaban J connectivity index is 1.95. The molecule has 1 N–H and O–H groups in total. The predicted octanol–water partition coefficient (Wildman–Crippen LogP) is 3.70. The van der Waals surface area contributed by atoms with Crippen molar-refractivity contribution in [3.63, 3.8) is 0 Å². The van der Waals surface area contributed by atoms with Gasteiger partial charge < -0.3 is 9.84 Å². The highest BCUT2D eigenvalue weighted by Crippen LogP contribution is 2.17. The molecule has 20 heavy (non-hydrogen) atoms. The van der Waals surface area contributed by atoms with E-state index in [2.05, 4.69) is 6.92 Å². The van der Waals surface area contributed by atoms with Crippen LogP contribution in [0, 0.1) is 0 Å². The number of para-hydroxylation sites is 1. The van der Waals surface area contributed by atoms with Crippen molar-refractivity contribution in [2.24, 2.45) is 0 Å². The molecular weight excluding hydrogens is 252 g/mol. The van der Waals surface area contributed by atoms with Gasteiger partial charge in [-0.2, -0.15) is 0 Å². The van der Waals surface area contributed by atoms with Crippen molar-refractivity contribution in [2.75, 3.05) is 0 Å². The highest BCUT2D eigenvalue weighted by Gasteiger charge is 2.11. The standard InChI is InChI=1S/C17H18O3/c1-2-5-13-8-10-14(11-9-13)12-20-17(19)15-6-3-4-7-16(15)18/h3-4,6-11,18H,2,5,12H2,1H3. The van der Waals surface area contributed by atoms with Gasteiger partial charge in [0.1, 0.15) is 17.9 Å². The molecule has 0 saturated heterocycles. The summed E-state index contributed by atoms with van der Waals surface area (Å²) >= 11 is 0. The largest absolute Gasteiger partial charge is 0.507 e. The molecule has 3 heteroatoms. The van der Waals surface area contributed by atoms with Gasteiger partial charge in [0.15, 0.2) is 0 Å². The van der Waals surface area contributed by atoms with Gasteiger partial charge in [0.2, 0.25) is 0 Å². The molecule has 3 nitrogen and oxygen atoms in total. The van der Waals surface area contributed by atoms with E-state index in [1.54, 1.807) is 18.2 Å². The average molecular weight is 270 g/mol. The van der Waals surface area contributed by atoms with E-state index in [-0.39, 0.29) is 17.9 Å². The van der Waals surface area contributed by atoms with Crippen LogP contribution in [-0.4, -0.2) is 11.1 Å². The van der Waals surface area contributed by atoms with Crippen LogP contribution in [0.5, 0.6) is 5.75 Å². The third-order valence-corrected chi connectivity index (χ3v) is 3.06. The van der Waals surface area contributed by atoms with E-state index in [1.165, 1.54) is 11.6 Å². The molecule has 0 fully saturated rings. The zero-order chi connectivity index (χ0) is 14.4. The fourth-order valence-corrected chi connectivity index (χ4v) is 1.96. The van der Waals surface area contributed by atoms with Crippen LogP contribution in [0.2, 0.25) is 0 Å². The summed E-state index contributed by atoms with van der Waals surface area (Å²) in [6, 6.07) is 14.4. The van der Waals surface area contributed by atoms with Crippen LogP contribution in [-0.2, 0) is 17.8 Å². The first kappa shape index (κ1) is 14.1. The van der Waals surface area contributed by atoms with Crippen molar-refractivity contribution in [2.45, 2.75) is 26.4 Å². The number of aryl methyl sites for hydroxylation is 1. The third-order valence-electron chi connectivity index (χ3n) is 3.06. The summed E-state index contributed by atoms with van der Waals surface area (Å²) in [4.78, 5) is 11.8. The summed E-state index contributed by atoms with van der Waals surface area (Å²) in [5.41, 5.74) is 2.41. The van der Waals surface area contributed by atoms with E-state index in [0.29, 0.717) is 0 Å². The lowest BCUT2D eigenvalue weighted by molar-refractivity contribution is 0.0469. The van der Waals surface area contributed by atoms with E-state index in [1.807, 2.05) is 24.3 Å². The van der Waals surface area contributed by atoms with Crippen LogP contribution in [0.4, 0.5) is 0 Å². The van der Waals surface area contributed by atoms with Gasteiger partial charge in [0.05, 0.1) is 0 Å². The second kappa shape index (κ2) is 6.75. The van der Waals surface area contributed by atoms with E-state index >= 15 is 0 Å². The second-order valence-electron chi connectivity index (χ2n) is 4.66. The van der Waals surface area contributed by atoms with Gasteiger partial charge in [-0.15, -0.1) is 0 Å². The first-order valence-corrected chi connectivity index (χ1v) is 6.73. The van der Waals surface area contributed by atoms with Crippen molar-refractivity contribution in [3.05, 3.63) is 65.2 Å². The number of phenols is 1. The summed E-state index contributed by atoms with van der Waals surface area (Å²) in [6.45, 7) is 2.35. The average Bonchev–Trinajstić information content (AvgIpc) is 2.47. The first-order valence-electron chi connectivity index (χ1n) is 6.73. The maximum absolute atomic E-state index is 11.8. The first-order chi connectivity index (χ1) is 9.70. The van der Waals surface area contributed by atoms with Gasteiger partial charge in [-0.1, -0.05) is 49.7 Å². The van der Waals surface area contributed by atoms with E-state index in [9.17, 15) is 9.90 Å². The summed E-state index contributed by atoms with van der Waals surface area (Å²) in [7, 11) is 0. The Kier molecular flexibility index (Phi) is 4.77. The Labute approximate surface area is 118 Å². The Morgan fingerprint density at radius 2 is 1.70 bits per heavy atom. The lowest BCUT2D eigenvalue weighted by Gasteiger charge is -2.07. The summed E-state index contributed by atoms with van der Waals surface area (Å²) in [5, 5.41) is 9.57. The van der Waals surface area contributed by atoms with Crippen LogP contribution < -0.4 is 0 Å². The highest BCUT2D eigenvalue weighted by molar-refractivity contribution is 5.92. The molecule has 0 aliphatic rings. The Bertz CT molecular complexity index is 573. The monoisotopic (exact) mass is 270 g/mol. The van der Waals surface area contributed by atoms with Gasteiger partial charge in [0, 0.05) is 0 Å². The molecule has 2 rings (SSSR count). The molecule has 0 saturated carbocycles. The van der Waals surface area contributed by atoms with Crippen LogP contribution >= 0.6 is 0 Å². The lowest BCUT2D eigenvalue weighted by atomic mass is 10.1. The molecule has 104 valence electrons. The molecule has 0 atom stereocenters. The van der Waals surface area contributed by atoms with E-state index in [4.69, 9.17) is 4.74 Å². The fraction of sp³-hybridized carbons (Fsp3) is 0.235. The molecule has 0 unspecified atom stereocenters. The Morgan fingerprint density at radius 1 is 1.05 bits per heavy atom. The number of hydrogen-bond acceptors (Lipinski definition) is 3. The Hall–Kier alpha value is -2.29. The molecule has 0 amide bonds. The Morgan fingerprint density at radius 3 is 2.35 bits per heavy atom. The molecule has 0 aliphatic heterocycles. The quantitative estimate of drug-likeness (QED) is 0.843. The number of carbonyl (C=O) groups excluding carboxylic acids is 1. The molecule has 0 heterocycles. The molecule has 0 bridgehead atoms. The maximum atomic E-state index is 11.8. The van der Waals surface area contributed by atoms with E-state index in [0.717, 1.165) is 18.4 Å². The zero-order valence-corrected chi connectivity index (χ0v) is 11.5. The van der Waals surface area contributed by atoms with Crippen molar-refractivity contribution < 1.29 is 14.6 Å². The molecule has 0 spiro atoms. The third kappa shape index (κ3) is 3.60. The van der Waals surface area contributed by atoms with Gasteiger partial charge in [0.25, 0.3) is 0 Å². The van der Waals surface area contributed by atoms with Crippen LogP contribution in [0.15, 0.2) is 48.5 Å². The number of benzene rings is 2. The number of carbonyl (C=O) groups is 1. The van der Waals surface area contributed by atoms with Gasteiger partial charge in [-0.3, -0.25) is 0 Å². The minimum atomic E-state index is -0.513. The second-order valence-corrected chi connectivity index (χ2v) is 4.66. The van der Waals surface area contributed by atoms with Crippen LogP contribution in [0.1, 0.15) is 34.8 Å². The van der Waals surface area contributed by atoms with Gasteiger partial charge >= 0.3 is 5.97 Å². The number of ether oxygens (including phenoxy) is 1.